The van der Waals surface area contributed by atoms with E-state index in [4.69, 9.17) is 21.8 Å². The van der Waals surface area contributed by atoms with E-state index in [1.807, 2.05) is 0 Å². The lowest BCUT2D eigenvalue weighted by Crippen LogP contribution is -2.13. The van der Waals surface area contributed by atoms with Gasteiger partial charge in [-0.25, -0.2) is 14.6 Å². The smallest absolute Gasteiger partial charge is 0.344 e. The fraction of sp³-hybridized carbons (Fsp3) is 0. The minimum atomic E-state index is -1.61. The number of aromatic hydroxyl groups is 1. The van der Waals surface area contributed by atoms with Crippen LogP contribution in [0.15, 0.2) is 24.0 Å². The topological polar surface area (TPSA) is 120 Å². The van der Waals surface area contributed by atoms with Crippen molar-refractivity contribution in [3.05, 3.63) is 29.1 Å². The van der Waals surface area contributed by atoms with Gasteiger partial charge in [-0.2, -0.15) is 0 Å². The monoisotopic (exact) mass is 258 g/mol. The van der Waals surface area contributed by atoms with Crippen molar-refractivity contribution in [2.45, 2.75) is 0 Å². The Morgan fingerprint density at radius 3 is 2.41 bits per heavy atom. The molecule has 1 aromatic rings. The van der Waals surface area contributed by atoms with Crippen LogP contribution in [0, 0.1) is 0 Å². The van der Waals surface area contributed by atoms with Gasteiger partial charge in [0.15, 0.2) is 17.1 Å². The number of nitrogens with one attached hydrogen (secondary N) is 1. The zero-order valence-electron chi connectivity index (χ0n) is 8.22. The van der Waals surface area contributed by atoms with Gasteiger partial charge < -0.3 is 20.6 Å². The lowest BCUT2D eigenvalue weighted by atomic mass is 10.3. The highest BCUT2D eigenvalue weighted by Gasteiger charge is 2.16. The van der Waals surface area contributed by atoms with Gasteiger partial charge in [0.05, 0.1) is 5.02 Å². The van der Waals surface area contributed by atoms with E-state index in [0.29, 0.717) is 6.20 Å². The Morgan fingerprint density at radius 1 is 1.35 bits per heavy atom. The van der Waals surface area contributed by atoms with Crippen molar-refractivity contribution in [2.24, 2.45) is 0 Å². The Hall–Kier alpha value is -2.28. The number of halogens is 1. The predicted molar refractivity (Wildman–Crippen MR) is 57.9 cm³/mol. The van der Waals surface area contributed by atoms with Crippen LogP contribution in [-0.4, -0.2) is 32.2 Å². The Kier molecular flexibility index (Phi) is 3.89. The molecule has 0 fully saturated rings. The molecular formula is C9H7ClN2O5. The quantitative estimate of drug-likeness (QED) is 0.360. The van der Waals surface area contributed by atoms with Gasteiger partial charge in [-0.3, -0.25) is 0 Å². The molecule has 7 nitrogen and oxygen atoms in total. The molecule has 0 spiro atoms. The fourth-order valence-corrected chi connectivity index (χ4v) is 1.05. The van der Waals surface area contributed by atoms with E-state index in [2.05, 4.69) is 10.3 Å². The van der Waals surface area contributed by atoms with Crippen molar-refractivity contribution in [1.29, 1.82) is 0 Å². The highest BCUT2D eigenvalue weighted by atomic mass is 35.5. The molecule has 90 valence electrons. The van der Waals surface area contributed by atoms with E-state index in [1.54, 1.807) is 0 Å². The van der Waals surface area contributed by atoms with E-state index < -0.39 is 17.5 Å². The van der Waals surface area contributed by atoms with E-state index in [9.17, 15) is 14.7 Å². The standard InChI is InChI=1S/C9H7ClN2O5/c10-4-1-6(13)7(11-2-4)12-3-5(8(14)15)9(16)17/h1-3,13H,(H,11,12)(H,14,15)(H,16,17). The van der Waals surface area contributed by atoms with Gasteiger partial charge in [-0.1, -0.05) is 11.6 Å². The van der Waals surface area contributed by atoms with Gasteiger partial charge in [0, 0.05) is 18.5 Å². The van der Waals surface area contributed by atoms with Crippen molar-refractivity contribution in [3.63, 3.8) is 0 Å². The summed E-state index contributed by atoms with van der Waals surface area (Å²) in [6.45, 7) is 0. The Bertz CT molecular complexity index is 484. The number of hydrogen-bond donors (Lipinski definition) is 4. The van der Waals surface area contributed by atoms with Gasteiger partial charge in [-0.05, 0) is 0 Å². The number of hydrogen-bond acceptors (Lipinski definition) is 5. The molecule has 0 aliphatic carbocycles. The predicted octanol–water partition coefficient (Wildman–Crippen LogP) is 0.906. The third-order valence-electron chi connectivity index (χ3n) is 1.65. The number of nitrogens with zero attached hydrogens (tertiary/aromatic N) is 1. The summed E-state index contributed by atoms with van der Waals surface area (Å²) in [5.41, 5.74) is -0.888. The molecule has 17 heavy (non-hydrogen) atoms. The molecule has 0 aromatic carbocycles. The van der Waals surface area contributed by atoms with Gasteiger partial charge >= 0.3 is 11.9 Å². The summed E-state index contributed by atoms with van der Waals surface area (Å²) in [5.74, 6) is -3.66. The molecule has 8 heteroatoms. The Balaban J connectivity index is 2.95. The maximum Gasteiger partial charge on any atom is 0.344 e. The van der Waals surface area contributed by atoms with Crippen molar-refractivity contribution in [3.8, 4) is 5.75 Å². The number of pyridine rings is 1. The van der Waals surface area contributed by atoms with Crippen molar-refractivity contribution in [2.75, 3.05) is 5.32 Å². The second-order valence-electron chi connectivity index (χ2n) is 2.83. The van der Waals surface area contributed by atoms with Crippen LogP contribution in [0.3, 0.4) is 0 Å². The summed E-state index contributed by atoms with van der Waals surface area (Å²) < 4.78 is 0. The van der Waals surface area contributed by atoms with E-state index in [0.717, 1.165) is 0 Å². The van der Waals surface area contributed by atoms with Crippen LogP contribution < -0.4 is 5.32 Å². The molecule has 4 N–H and O–H groups in total. The second-order valence-corrected chi connectivity index (χ2v) is 3.27. The summed E-state index contributed by atoms with van der Waals surface area (Å²) in [5, 5.41) is 28.9. The molecule has 0 saturated heterocycles. The van der Waals surface area contributed by atoms with Crippen molar-refractivity contribution >= 4 is 29.4 Å². The molecule has 0 radical (unpaired) electrons. The van der Waals surface area contributed by atoms with Gasteiger partial charge in [0.25, 0.3) is 0 Å². The molecule has 0 atom stereocenters. The van der Waals surface area contributed by atoms with E-state index >= 15 is 0 Å². The Labute approximate surface area is 100.0 Å². The SMILES string of the molecule is O=C(O)C(=CNc1ncc(Cl)cc1O)C(=O)O. The van der Waals surface area contributed by atoms with Crippen LogP contribution in [-0.2, 0) is 9.59 Å². The first-order valence-electron chi connectivity index (χ1n) is 4.19. The molecule has 1 aromatic heterocycles. The third kappa shape index (κ3) is 3.35. The molecule has 0 amide bonds. The molecule has 0 aliphatic heterocycles. The first kappa shape index (κ1) is 12.8. The van der Waals surface area contributed by atoms with Crippen molar-refractivity contribution in [1.82, 2.24) is 4.98 Å². The first-order valence-corrected chi connectivity index (χ1v) is 4.57. The van der Waals surface area contributed by atoms with E-state index in [-0.39, 0.29) is 16.6 Å². The molecular weight excluding hydrogens is 252 g/mol. The number of aromatic nitrogens is 1. The van der Waals surface area contributed by atoms with Gasteiger partial charge in [0.2, 0.25) is 0 Å². The van der Waals surface area contributed by atoms with Crippen LogP contribution in [0.4, 0.5) is 5.82 Å². The highest BCUT2D eigenvalue weighted by Crippen LogP contribution is 2.23. The molecule has 0 aliphatic rings. The molecule has 0 bridgehead atoms. The lowest BCUT2D eigenvalue weighted by molar-refractivity contribution is -0.140. The maximum atomic E-state index is 10.5. The van der Waals surface area contributed by atoms with Gasteiger partial charge in [-0.15, -0.1) is 0 Å². The number of aliphatic carboxylic acids is 2. The zero-order chi connectivity index (χ0) is 13.0. The minimum Gasteiger partial charge on any atom is -0.504 e. The number of rotatable bonds is 4. The normalized spacial score (nSPS) is 9.47. The lowest BCUT2D eigenvalue weighted by Gasteiger charge is -2.03. The summed E-state index contributed by atoms with van der Waals surface area (Å²) in [6.07, 6.45) is 1.92. The molecule has 0 saturated carbocycles. The maximum absolute atomic E-state index is 10.5. The largest absolute Gasteiger partial charge is 0.504 e. The number of carboxylic acid groups (broad SMARTS) is 2. The average molecular weight is 259 g/mol. The minimum absolute atomic E-state index is 0.102. The van der Waals surface area contributed by atoms with Crippen molar-refractivity contribution < 1.29 is 24.9 Å². The summed E-state index contributed by atoms with van der Waals surface area (Å²) in [6, 6.07) is 1.17. The van der Waals surface area contributed by atoms with Crippen LogP contribution in [0.1, 0.15) is 0 Å². The number of anilines is 1. The molecule has 1 heterocycles. The highest BCUT2D eigenvalue weighted by molar-refractivity contribution is 6.30. The fourth-order valence-electron chi connectivity index (χ4n) is 0.895. The van der Waals surface area contributed by atoms with Crippen LogP contribution in [0.2, 0.25) is 5.02 Å². The third-order valence-corrected chi connectivity index (χ3v) is 1.85. The summed E-state index contributed by atoms with van der Waals surface area (Å²) >= 11 is 5.53. The summed E-state index contributed by atoms with van der Waals surface area (Å²) in [4.78, 5) is 24.7. The zero-order valence-corrected chi connectivity index (χ0v) is 8.97. The van der Waals surface area contributed by atoms with Crippen LogP contribution in [0.5, 0.6) is 5.75 Å². The van der Waals surface area contributed by atoms with E-state index in [1.165, 1.54) is 12.3 Å². The molecule has 1 rings (SSSR count). The van der Waals surface area contributed by atoms with Gasteiger partial charge in [0.1, 0.15) is 0 Å². The number of carbonyl (C=O) groups is 2. The second kappa shape index (κ2) is 5.17. The van der Waals surface area contributed by atoms with Crippen LogP contribution in [0.25, 0.3) is 0 Å². The molecule has 0 unspecified atom stereocenters. The number of carboxylic acids is 2. The van der Waals surface area contributed by atoms with Crippen LogP contribution >= 0.6 is 11.6 Å². The first-order chi connectivity index (χ1) is 7.91. The average Bonchev–Trinajstić information content (AvgIpc) is 2.20. The summed E-state index contributed by atoms with van der Waals surface area (Å²) in [7, 11) is 0. The Morgan fingerprint density at radius 2 is 1.94 bits per heavy atom.